The molecule has 0 amide bonds. The van der Waals surface area contributed by atoms with Crippen molar-refractivity contribution in [2.24, 2.45) is 0 Å². The highest BCUT2D eigenvalue weighted by Crippen LogP contribution is 2.09. The number of anilines is 1. The summed E-state index contributed by atoms with van der Waals surface area (Å²) in [4.78, 5) is 3.93. The summed E-state index contributed by atoms with van der Waals surface area (Å²) in [5, 5.41) is 8.50. The average molecular weight is 216 g/mol. The van der Waals surface area contributed by atoms with Gasteiger partial charge in [-0.15, -0.1) is 0 Å². The standard InChI is InChI=1S/C8H12N2O3S/c1-7-6-8(2-3-9-7)10-14(12,13)5-4-11/h2-3,6,11H,4-5H2,1H3,(H,9,10). The van der Waals surface area contributed by atoms with E-state index in [1.807, 2.05) is 0 Å². The SMILES string of the molecule is Cc1cc(NS(=O)(=O)CCO)ccn1. The number of pyridine rings is 1. The highest BCUT2D eigenvalue weighted by atomic mass is 32.2. The van der Waals surface area contributed by atoms with E-state index in [1.54, 1.807) is 19.1 Å². The van der Waals surface area contributed by atoms with Gasteiger partial charge in [-0.3, -0.25) is 9.71 Å². The molecule has 0 aliphatic carbocycles. The number of aliphatic hydroxyl groups excluding tert-OH is 1. The third-order valence-electron chi connectivity index (χ3n) is 1.53. The minimum absolute atomic E-state index is 0.297. The fourth-order valence-electron chi connectivity index (χ4n) is 0.960. The number of nitrogens with zero attached hydrogens (tertiary/aromatic N) is 1. The van der Waals surface area contributed by atoms with Crippen molar-refractivity contribution in [3.63, 3.8) is 0 Å². The Morgan fingerprint density at radius 3 is 2.86 bits per heavy atom. The third kappa shape index (κ3) is 3.31. The van der Waals surface area contributed by atoms with Gasteiger partial charge in [0.15, 0.2) is 0 Å². The van der Waals surface area contributed by atoms with Crippen molar-refractivity contribution in [2.45, 2.75) is 6.92 Å². The number of hydrogen-bond donors (Lipinski definition) is 2. The molecule has 0 bridgehead atoms. The molecule has 6 heteroatoms. The van der Waals surface area contributed by atoms with E-state index >= 15 is 0 Å². The van der Waals surface area contributed by atoms with Gasteiger partial charge in [0.1, 0.15) is 0 Å². The molecule has 0 atom stereocenters. The average Bonchev–Trinajstić information content (AvgIpc) is 2.02. The Hall–Kier alpha value is -1.14. The van der Waals surface area contributed by atoms with Crippen LogP contribution in [0.1, 0.15) is 5.69 Å². The normalized spacial score (nSPS) is 11.3. The molecule has 1 aromatic heterocycles. The van der Waals surface area contributed by atoms with E-state index in [1.165, 1.54) is 6.20 Å². The van der Waals surface area contributed by atoms with Crippen molar-refractivity contribution in [3.8, 4) is 0 Å². The lowest BCUT2D eigenvalue weighted by Crippen LogP contribution is -2.18. The molecule has 0 saturated heterocycles. The van der Waals surface area contributed by atoms with E-state index in [9.17, 15) is 8.42 Å². The lowest BCUT2D eigenvalue weighted by atomic mass is 10.3. The van der Waals surface area contributed by atoms with Gasteiger partial charge in [-0.25, -0.2) is 8.42 Å². The van der Waals surface area contributed by atoms with Gasteiger partial charge >= 0.3 is 0 Å². The maximum Gasteiger partial charge on any atom is 0.234 e. The Morgan fingerprint density at radius 1 is 1.57 bits per heavy atom. The zero-order valence-electron chi connectivity index (χ0n) is 7.77. The molecule has 0 aliphatic heterocycles. The van der Waals surface area contributed by atoms with E-state index in [2.05, 4.69) is 9.71 Å². The van der Waals surface area contributed by atoms with E-state index in [0.29, 0.717) is 5.69 Å². The van der Waals surface area contributed by atoms with Crippen LogP contribution in [-0.4, -0.2) is 30.9 Å². The van der Waals surface area contributed by atoms with Gasteiger partial charge in [0.25, 0.3) is 0 Å². The topological polar surface area (TPSA) is 79.3 Å². The predicted molar refractivity (Wildman–Crippen MR) is 53.5 cm³/mol. The van der Waals surface area contributed by atoms with Crippen LogP contribution in [0.3, 0.4) is 0 Å². The van der Waals surface area contributed by atoms with Gasteiger partial charge in [-0.05, 0) is 19.1 Å². The van der Waals surface area contributed by atoms with E-state index < -0.39 is 10.0 Å². The van der Waals surface area contributed by atoms with E-state index in [4.69, 9.17) is 5.11 Å². The number of rotatable bonds is 4. The Kier molecular flexibility index (Phi) is 3.43. The number of hydrogen-bond acceptors (Lipinski definition) is 4. The van der Waals surface area contributed by atoms with Crippen LogP contribution in [0.5, 0.6) is 0 Å². The van der Waals surface area contributed by atoms with Crippen LogP contribution in [0, 0.1) is 6.92 Å². The second-order valence-electron chi connectivity index (χ2n) is 2.83. The molecule has 1 aromatic rings. The fraction of sp³-hybridized carbons (Fsp3) is 0.375. The lowest BCUT2D eigenvalue weighted by Gasteiger charge is -2.06. The van der Waals surface area contributed by atoms with Gasteiger partial charge in [-0.2, -0.15) is 0 Å². The highest BCUT2D eigenvalue weighted by molar-refractivity contribution is 7.92. The summed E-state index contributed by atoms with van der Waals surface area (Å²) >= 11 is 0. The fourth-order valence-corrected chi connectivity index (χ4v) is 1.79. The molecule has 0 spiro atoms. The maximum atomic E-state index is 11.2. The van der Waals surface area contributed by atoms with Gasteiger partial charge < -0.3 is 5.11 Å². The number of aromatic nitrogens is 1. The molecule has 1 rings (SSSR count). The molecule has 14 heavy (non-hydrogen) atoms. The lowest BCUT2D eigenvalue weighted by molar-refractivity contribution is 0.320. The zero-order chi connectivity index (χ0) is 10.6. The largest absolute Gasteiger partial charge is 0.395 e. The van der Waals surface area contributed by atoms with E-state index in [0.717, 1.165) is 5.69 Å². The van der Waals surface area contributed by atoms with Crippen LogP contribution in [0.2, 0.25) is 0 Å². The molecule has 5 nitrogen and oxygen atoms in total. The Morgan fingerprint density at radius 2 is 2.29 bits per heavy atom. The second-order valence-corrected chi connectivity index (χ2v) is 4.67. The van der Waals surface area contributed by atoms with Gasteiger partial charge in [-0.1, -0.05) is 0 Å². The highest BCUT2D eigenvalue weighted by Gasteiger charge is 2.08. The molecule has 1 heterocycles. The summed E-state index contributed by atoms with van der Waals surface area (Å²) in [5.41, 5.74) is 1.19. The third-order valence-corrected chi connectivity index (χ3v) is 2.80. The van der Waals surface area contributed by atoms with Crippen LogP contribution < -0.4 is 4.72 Å². The summed E-state index contributed by atoms with van der Waals surface area (Å²) in [6.45, 7) is 1.38. The monoisotopic (exact) mass is 216 g/mol. The van der Waals surface area contributed by atoms with Crippen LogP contribution in [-0.2, 0) is 10.0 Å². The Balaban J connectivity index is 2.79. The van der Waals surface area contributed by atoms with Crippen LogP contribution in [0.4, 0.5) is 5.69 Å². The number of aryl methyl sites for hydroxylation is 1. The minimum Gasteiger partial charge on any atom is -0.395 e. The minimum atomic E-state index is -3.43. The predicted octanol–water partition coefficient (Wildman–Crippen LogP) is 0.124. The first-order valence-corrected chi connectivity index (χ1v) is 5.73. The molecule has 0 aromatic carbocycles. The molecule has 2 N–H and O–H groups in total. The summed E-state index contributed by atoms with van der Waals surface area (Å²) in [6.07, 6.45) is 1.52. The molecule has 0 unspecified atom stereocenters. The first kappa shape index (κ1) is 10.9. The van der Waals surface area contributed by atoms with Crippen molar-refractivity contribution >= 4 is 15.7 Å². The van der Waals surface area contributed by atoms with Crippen LogP contribution in [0.25, 0.3) is 0 Å². The van der Waals surface area contributed by atoms with Crippen molar-refractivity contribution in [1.82, 2.24) is 4.98 Å². The summed E-state index contributed by atoms with van der Waals surface area (Å²) in [5.74, 6) is -0.297. The molecular formula is C8H12N2O3S. The quantitative estimate of drug-likeness (QED) is 0.749. The maximum absolute atomic E-state index is 11.2. The first-order valence-electron chi connectivity index (χ1n) is 4.07. The van der Waals surface area contributed by atoms with E-state index in [-0.39, 0.29) is 12.4 Å². The van der Waals surface area contributed by atoms with Crippen molar-refractivity contribution < 1.29 is 13.5 Å². The van der Waals surface area contributed by atoms with Crippen molar-refractivity contribution in [1.29, 1.82) is 0 Å². The Bertz CT molecular complexity index is 403. The molecular weight excluding hydrogens is 204 g/mol. The molecule has 0 fully saturated rings. The molecule has 78 valence electrons. The summed E-state index contributed by atoms with van der Waals surface area (Å²) in [6, 6.07) is 3.18. The number of aliphatic hydroxyl groups is 1. The summed E-state index contributed by atoms with van der Waals surface area (Å²) in [7, 11) is -3.43. The zero-order valence-corrected chi connectivity index (χ0v) is 8.58. The van der Waals surface area contributed by atoms with Gasteiger partial charge in [0, 0.05) is 11.9 Å². The molecule has 0 aliphatic rings. The van der Waals surface area contributed by atoms with Crippen molar-refractivity contribution in [2.75, 3.05) is 17.1 Å². The van der Waals surface area contributed by atoms with Gasteiger partial charge in [0.2, 0.25) is 10.0 Å². The van der Waals surface area contributed by atoms with Crippen LogP contribution >= 0.6 is 0 Å². The Labute approximate surface area is 82.9 Å². The van der Waals surface area contributed by atoms with Crippen LogP contribution in [0.15, 0.2) is 18.3 Å². The number of nitrogens with one attached hydrogen (secondary N) is 1. The molecule has 0 radical (unpaired) electrons. The van der Waals surface area contributed by atoms with Gasteiger partial charge in [0.05, 0.1) is 18.0 Å². The molecule has 0 saturated carbocycles. The smallest absolute Gasteiger partial charge is 0.234 e. The number of sulfonamides is 1. The van der Waals surface area contributed by atoms with Crippen molar-refractivity contribution in [3.05, 3.63) is 24.0 Å². The second kappa shape index (κ2) is 4.39. The first-order chi connectivity index (χ1) is 6.53. The summed E-state index contributed by atoms with van der Waals surface area (Å²) < 4.78 is 24.8.